The van der Waals surface area contributed by atoms with Crippen molar-refractivity contribution in [3.8, 4) is 11.1 Å². The molecule has 5 heteroatoms. The lowest BCUT2D eigenvalue weighted by molar-refractivity contribution is -0.140. The van der Waals surface area contributed by atoms with Crippen molar-refractivity contribution in [3.63, 3.8) is 0 Å². The van der Waals surface area contributed by atoms with Crippen molar-refractivity contribution in [1.82, 2.24) is 14.9 Å². The fraction of sp³-hybridized carbons (Fsp3) is 0.389. The van der Waals surface area contributed by atoms with Crippen LogP contribution in [-0.2, 0) is 4.79 Å². The van der Waals surface area contributed by atoms with E-state index in [-0.39, 0.29) is 23.2 Å². The van der Waals surface area contributed by atoms with E-state index in [1.165, 1.54) is 12.1 Å². The summed E-state index contributed by atoms with van der Waals surface area (Å²) in [6, 6.07) is 6.20. The van der Waals surface area contributed by atoms with Crippen molar-refractivity contribution < 1.29 is 9.18 Å². The molecule has 1 atom stereocenters. The highest BCUT2D eigenvalue weighted by atomic mass is 19.1. The molecule has 23 heavy (non-hydrogen) atoms. The summed E-state index contributed by atoms with van der Waals surface area (Å²) < 4.78 is 13.0. The van der Waals surface area contributed by atoms with Gasteiger partial charge < -0.3 is 4.90 Å². The number of rotatable bonds is 2. The van der Waals surface area contributed by atoms with E-state index < -0.39 is 0 Å². The molecule has 1 unspecified atom stereocenters. The molecule has 1 aromatic carbocycles. The van der Waals surface area contributed by atoms with E-state index >= 15 is 0 Å². The van der Waals surface area contributed by atoms with Crippen LogP contribution in [0.4, 0.5) is 4.39 Å². The smallest absolute Gasteiger partial charge is 0.233 e. The minimum absolute atomic E-state index is 0.0655. The number of carbonyl (C=O) groups is 1. The number of piperidine rings is 1. The van der Waals surface area contributed by atoms with Crippen molar-refractivity contribution >= 4 is 5.91 Å². The van der Waals surface area contributed by atoms with Gasteiger partial charge in [-0.15, -0.1) is 0 Å². The molecule has 0 saturated carbocycles. The first-order valence-electron chi connectivity index (χ1n) is 7.74. The van der Waals surface area contributed by atoms with Crippen LogP contribution in [0.15, 0.2) is 36.7 Å². The van der Waals surface area contributed by atoms with Crippen LogP contribution in [0.1, 0.15) is 38.4 Å². The van der Waals surface area contributed by atoms with Gasteiger partial charge in [0.1, 0.15) is 11.6 Å². The Morgan fingerprint density at radius 1 is 1.13 bits per heavy atom. The quantitative estimate of drug-likeness (QED) is 0.853. The molecule has 1 aromatic heterocycles. The molecule has 1 aliphatic heterocycles. The minimum atomic E-state index is -0.282. The lowest BCUT2D eigenvalue weighted by Crippen LogP contribution is -2.51. The van der Waals surface area contributed by atoms with Gasteiger partial charge in [-0.3, -0.25) is 4.79 Å². The number of amides is 1. The Morgan fingerprint density at radius 2 is 1.74 bits per heavy atom. The van der Waals surface area contributed by atoms with Gasteiger partial charge in [0.25, 0.3) is 0 Å². The fourth-order valence-corrected chi connectivity index (χ4v) is 2.87. The summed E-state index contributed by atoms with van der Waals surface area (Å²) in [7, 11) is 1.83. The van der Waals surface area contributed by atoms with Crippen LogP contribution >= 0.6 is 0 Å². The molecule has 4 nitrogen and oxygen atoms in total. The highest BCUT2D eigenvalue weighted by molar-refractivity contribution is 5.84. The molecule has 2 aromatic rings. The van der Waals surface area contributed by atoms with E-state index in [0.717, 1.165) is 24.0 Å². The number of hydrogen-bond donors (Lipinski definition) is 0. The topological polar surface area (TPSA) is 46.1 Å². The van der Waals surface area contributed by atoms with Gasteiger partial charge in [0.05, 0.1) is 5.92 Å². The lowest BCUT2D eigenvalue weighted by atomic mass is 9.84. The lowest BCUT2D eigenvalue weighted by Gasteiger charge is -2.42. The first kappa shape index (κ1) is 15.6. The molecule has 1 aliphatic rings. The summed E-state index contributed by atoms with van der Waals surface area (Å²) in [5.41, 5.74) is 1.54. The van der Waals surface area contributed by atoms with E-state index in [0.29, 0.717) is 5.82 Å². The van der Waals surface area contributed by atoms with Gasteiger partial charge in [-0.05, 0) is 44.4 Å². The van der Waals surface area contributed by atoms with Crippen LogP contribution in [0.2, 0.25) is 0 Å². The number of nitrogens with zero attached hydrogens (tertiary/aromatic N) is 3. The predicted molar refractivity (Wildman–Crippen MR) is 86.3 cm³/mol. The molecule has 1 fully saturated rings. The van der Waals surface area contributed by atoms with Crippen LogP contribution in [-0.4, -0.2) is 33.4 Å². The highest BCUT2D eigenvalue weighted by Crippen LogP contribution is 2.34. The third-order valence-corrected chi connectivity index (χ3v) is 4.74. The first-order chi connectivity index (χ1) is 10.9. The number of carbonyl (C=O) groups excluding carboxylic acids is 1. The van der Waals surface area contributed by atoms with E-state index in [2.05, 4.69) is 23.8 Å². The van der Waals surface area contributed by atoms with Crippen molar-refractivity contribution in [2.24, 2.45) is 0 Å². The maximum absolute atomic E-state index is 13.0. The van der Waals surface area contributed by atoms with E-state index in [4.69, 9.17) is 0 Å². The number of aromatic nitrogens is 2. The van der Waals surface area contributed by atoms with Crippen molar-refractivity contribution in [2.75, 3.05) is 7.05 Å². The molecular formula is C18H20FN3O. The number of halogens is 1. The highest BCUT2D eigenvalue weighted by Gasteiger charge is 2.39. The monoisotopic (exact) mass is 313 g/mol. The van der Waals surface area contributed by atoms with Gasteiger partial charge in [-0.2, -0.15) is 0 Å². The largest absolute Gasteiger partial charge is 0.340 e. The number of likely N-dealkylation sites (tertiary alicyclic amines) is 1. The Labute approximate surface area is 135 Å². The Balaban J connectivity index is 1.82. The van der Waals surface area contributed by atoms with E-state index in [1.54, 1.807) is 29.4 Å². The standard InChI is InChI=1S/C18H20FN3O/c1-18(2)9-8-15(17(23)22(18)3)16-20-10-13(11-21-16)12-4-6-14(19)7-5-12/h4-7,10-11,15H,8-9H2,1-3H3. The van der Waals surface area contributed by atoms with Crippen LogP contribution < -0.4 is 0 Å². The second-order valence-corrected chi connectivity index (χ2v) is 6.64. The zero-order valence-electron chi connectivity index (χ0n) is 13.6. The average molecular weight is 313 g/mol. The van der Waals surface area contributed by atoms with Crippen molar-refractivity contribution in [3.05, 3.63) is 48.3 Å². The second-order valence-electron chi connectivity index (χ2n) is 6.64. The van der Waals surface area contributed by atoms with Crippen LogP contribution in [0.25, 0.3) is 11.1 Å². The number of benzene rings is 1. The second kappa shape index (κ2) is 5.72. The Morgan fingerprint density at radius 3 is 2.35 bits per heavy atom. The molecule has 2 heterocycles. The molecule has 0 aliphatic carbocycles. The van der Waals surface area contributed by atoms with Gasteiger partial charge in [0, 0.05) is 30.5 Å². The van der Waals surface area contributed by atoms with Crippen LogP contribution in [0.3, 0.4) is 0 Å². The van der Waals surface area contributed by atoms with Gasteiger partial charge in [-0.25, -0.2) is 14.4 Å². The molecule has 1 amide bonds. The summed E-state index contributed by atoms with van der Waals surface area (Å²) >= 11 is 0. The molecule has 120 valence electrons. The van der Waals surface area contributed by atoms with Gasteiger partial charge in [-0.1, -0.05) is 12.1 Å². The van der Waals surface area contributed by atoms with Gasteiger partial charge >= 0.3 is 0 Å². The first-order valence-corrected chi connectivity index (χ1v) is 7.74. The Kier molecular flexibility index (Phi) is 3.88. The maximum Gasteiger partial charge on any atom is 0.233 e. The van der Waals surface area contributed by atoms with E-state index in [9.17, 15) is 9.18 Å². The SMILES string of the molecule is CN1C(=O)C(c2ncc(-c3ccc(F)cc3)cn2)CCC1(C)C. The molecule has 0 radical (unpaired) electrons. The summed E-state index contributed by atoms with van der Waals surface area (Å²) in [6.07, 6.45) is 5.07. The van der Waals surface area contributed by atoms with Crippen LogP contribution in [0.5, 0.6) is 0 Å². The summed E-state index contributed by atoms with van der Waals surface area (Å²) in [6.45, 7) is 4.14. The zero-order chi connectivity index (χ0) is 16.6. The molecule has 0 spiro atoms. The molecular weight excluding hydrogens is 293 g/mol. The zero-order valence-corrected chi connectivity index (χ0v) is 13.6. The van der Waals surface area contributed by atoms with Gasteiger partial charge in [0.15, 0.2) is 0 Å². The average Bonchev–Trinajstić information content (AvgIpc) is 2.54. The molecule has 1 saturated heterocycles. The van der Waals surface area contributed by atoms with Crippen LogP contribution in [0, 0.1) is 5.82 Å². The molecule has 0 bridgehead atoms. The molecule has 3 rings (SSSR count). The normalized spacial score (nSPS) is 20.6. The summed E-state index contributed by atoms with van der Waals surface area (Å²) in [4.78, 5) is 23.1. The minimum Gasteiger partial charge on any atom is -0.340 e. The summed E-state index contributed by atoms with van der Waals surface area (Å²) in [5.74, 6) is 0.0685. The molecule has 0 N–H and O–H groups in total. The fourth-order valence-electron chi connectivity index (χ4n) is 2.87. The third-order valence-electron chi connectivity index (χ3n) is 4.74. The number of hydrogen-bond acceptors (Lipinski definition) is 3. The van der Waals surface area contributed by atoms with E-state index in [1.807, 2.05) is 7.05 Å². The maximum atomic E-state index is 13.0. The van der Waals surface area contributed by atoms with Gasteiger partial charge in [0.2, 0.25) is 5.91 Å². The third kappa shape index (κ3) is 2.96. The Hall–Kier alpha value is -2.30. The summed E-state index contributed by atoms with van der Waals surface area (Å²) in [5, 5.41) is 0. The van der Waals surface area contributed by atoms with Crippen molar-refractivity contribution in [1.29, 1.82) is 0 Å². The predicted octanol–water partition coefficient (Wildman–Crippen LogP) is 3.40. The number of likely N-dealkylation sites (N-methyl/N-ethyl adjacent to an activating group) is 1. The Bertz CT molecular complexity index is 710. The van der Waals surface area contributed by atoms with Crippen molar-refractivity contribution in [2.45, 2.75) is 38.1 Å².